The molecule has 0 saturated carbocycles. The number of ether oxygens (including phenoxy) is 1. The third-order valence-electron chi connectivity index (χ3n) is 13.3. The van der Waals surface area contributed by atoms with E-state index in [4.69, 9.17) is 14.7 Å². The van der Waals surface area contributed by atoms with Gasteiger partial charge in [-0.2, -0.15) is 0 Å². The van der Waals surface area contributed by atoms with Crippen molar-refractivity contribution in [2.45, 2.75) is 52.4 Å². The van der Waals surface area contributed by atoms with E-state index >= 15 is 0 Å². The smallest absolute Gasteiger partial charge is 0.127 e. The van der Waals surface area contributed by atoms with Crippen molar-refractivity contribution in [3.8, 4) is 106 Å². The van der Waals surface area contributed by atoms with Crippen LogP contribution in [0.5, 0.6) is 5.75 Å². The molecule has 342 valence electrons. The summed E-state index contributed by atoms with van der Waals surface area (Å²) in [5.74, 6) is 0.787. The maximum atomic E-state index is 6.15. The maximum absolute atomic E-state index is 6.15. The van der Waals surface area contributed by atoms with Crippen molar-refractivity contribution in [2.24, 2.45) is 0 Å². The highest BCUT2D eigenvalue weighted by molar-refractivity contribution is 5.95. The van der Waals surface area contributed by atoms with Gasteiger partial charge in [0.15, 0.2) is 0 Å². The summed E-state index contributed by atoms with van der Waals surface area (Å²) in [6.45, 7) is 13.4. The van der Waals surface area contributed by atoms with E-state index in [-0.39, 0.29) is 10.8 Å². The lowest BCUT2D eigenvalue weighted by molar-refractivity contribution is 0.416. The van der Waals surface area contributed by atoms with E-state index in [9.17, 15) is 0 Å². The number of hydrogen-bond acceptors (Lipinski definition) is 4. The van der Waals surface area contributed by atoms with E-state index < -0.39 is 0 Å². The van der Waals surface area contributed by atoms with Crippen molar-refractivity contribution < 1.29 is 4.74 Å². The second-order valence-corrected chi connectivity index (χ2v) is 20.1. The molecule has 4 heteroatoms. The molecule has 0 bridgehead atoms. The van der Waals surface area contributed by atoms with E-state index in [0.29, 0.717) is 0 Å². The fourth-order valence-electron chi connectivity index (χ4n) is 9.39. The summed E-state index contributed by atoms with van der Waals surface area (Å²) in [7, 11) is 1.74. The predicted molar refractivity (Wildman–Crippen MR) is 293 cm³/mol. The highest BCUT2D eigenvalue weighted by Crippen LogP contribution is 2.44. The minimum Gasteiger partial charge on any atom is -0.496 e. The highest BCUT2D eigenvalue weighted by atomic mass is 16.5. The van der Waals surface area contributed by atoms with Gasteiger partial charge >= 0.3 is 0 Å². The molecule has 10 rings (SSSR count). The van der Waals surface area contributed by atoms with Crippen molar-refractivity contribution in [3.05, 3.63) is 230 Å². The summed E-state index contributed by atoms with van der Waals surface area (Å²) in [6, 6.07) is 72.0. The quantitative estimate of drug-likeness (QED) is 0.137. The molecule has 4 nitrogen and oxygen atoms in total. The minimum absolute atomic E-state index is 0.0310. The molecule has 3 aromatic heterocycles. The van der Waals surface area contributed by atoms with Crippen LogP contribution in [0.2, 0.25) is 0 Å². The largest absolute Gasteiger partial charge is 0.496 e. The maximum Gasteiger partial charge on any atom is 0.127 e. The van der Waals surface area contributed by atoms with Gasteiger partial charge in [-0.3, -0.25) is 15.0 Å². The van der Waals surface area contributed by atoms with Crippen LogP contribution < -0.4 is 4.74 Å². The second-order valence-electron chi connectivity index (χ2n) is 20.1. The molecule has 0 aliphatic rings. The van der Waals surface area contributed by atoms with E-state index in [1.165, 1.54) is 11.1 Å². The predicted octanol–water partition coefficient (Wildman–Crippen LogP) is 17.5. The Morgan fingerprint density at radius 1 is 0.286 bits per heavy atom. The van der Waals surface area contributed by atoms with Crippen LogP contribution in [0.15, 0.2) is 219 Å². The molecule has 0 N–H and O–H groups in total. The Hall–Kier alpha value is -8.21. The lowest BCUT2D eigenvalue weighted by Gasteiger charge is -2.20. The van der Waals surface area contributed by atoms with Gasteiger partial charge < -0.3 is 4.74 Å². The first kappa shape index (κ1) is 45.6. The lowest BCUT2D eigenvalue weighted by Crippen LogP contribution is -2.11. The Morgan fingerprint density at radius 3 is 1.07 bits per heavy atom. The Balaban J connectivity index is 1.11. The molecule has 0 radical (unpaired) electrons. The molecular formula is C66H57N3O. The van der Waals surface area contributed by atoms with Gasteiger partial charge in [-0.15, -0.1) is 0 Å². The van der Waals surface area contributed by atoms with Crippen LogP contribution in [0, 0.1) is 0 Å². The highest BCUT2D eigenvalue weighted by Gasteiger charge is 2.20. The number of hydrogen-bond donors (Lipinski definition) is 0. The van der Waals surface area contributed by atoms with Crippen molar-refractivity contribution in [3.63, 3.8) is 0 Å². The van der Waals surface area contributed by atoms with Crippen LogP contribution >= 0.6 is 0 Å². The Kier molecular flexibility index (Phi) is 12.4. The first-order valence-corrected chi connectivity index (χ1v) is 24.1. The average molecular weight is 908 g/mol. The summed E-state index contributed by atoms with van der Waals surface area (Å²) < 4.78 is 6.15. The molecule has 0 fully saturated rings. The zero-order valence-corrected chi connectivity index (χ0v) is 41.0. The summed E-state index contributed by atoms with van der Waals surface area (Å²) in [5, 5.41) is 0. The van der Waals surface area contributed by atoms with Gasteiger partial charge in [0.25, 0.3) is 0 Å². The van der Waals surface area contributed by atoms with Crippen LogP contribution in [0.3, 0.4) is 0 Å². The number of benzene rings is 7. The minimum atomic E-state index is 0.0310. The first-order valence-electron chi connectivity index (χ1n) is 24.1. The lowest BCUT2D eigenvalue weighted by atomic mass is 9.85. The van der Waals surface area contributed by atoms with Gasteiger partial charge in [-0.1, -0.05) is 175 Å². The summed E-state index contributed by atoms with van der Waals surface area (Å²) in [6.07, 6.45) is 5.67. The molecule has 7 aromatic carbocycles. The van der Waals surface area contributed by atoms with Gasteiger partial charge in [0.05, 0.1) is 24.2 Å². The second kappa shape index (κ2) is 19.1. The fourth-order valence-corrected chi connectivity index (χ4v) is 9.39. The van der Waals surface area contributed by atoms with Gasteiger partial charge in [0.1, 0.15) is 5.75 Å². The molecule has 0 amide bonds. The third-order valence-corrected chi connectivity index (χ3v) is 13.3. The van der Waals surface area contributed by atoms with Gasteiger partial charge in [-0.05, 0) is 150 Å². The standard InChI is InChI=1S/C66H57N3O/c1-65(2,3)52-33-36-68-62(42-52)46-27-23-44(24-28-46)54-16-8-10-18-56(54)49-38-50(57-19-11-9-17-55(57)45-25-29-47(30-26-45)63-43-53(34-37-69-63)66(4,5)6)40-51(39-49)58-20-12-13-21-59(58)60-32-31-48(41-64(60)70-7)61-22-14-15-35-67-61/h8-43H,1-7H3. The van der Waals surface area contributed by atoms with E-state index in [1.54, 1.807) is 7.11 Å². The van der Waals surface area contributed by atoms with Crippen LogP contribution in [-0.4, -0.2) is 22.1 Å². The molecule has 0 spiro atoms. The molecular weight excluding hydrogens is 851 g/mol. The normalized spacial score (nSPS) is 11.6. The van der Waals surface area contributed by atoms with Crippen LogP contribution in [0.1, 0.15) is 52.7 Å². The van der Waals surface area contributed by atoms with E-state index in [0.717, 1.165) is 106 Å². The summed E-state index contributed by atoms with van der Waals surface area (Å²) in [4.78, 5) is 14.2. The SMILES string of the molecule is COc1cc(-c2ccccn2)ccc1-c1ccccc1-c1cc(-c2ccccc2-c2ccc(-c3cc(C(C)(C)C)ccn3)cc2)cc(-c2ccccc2-c2ccc(-c3cc(C(C)(C)C)ccn3)cc2)c1. The number of aromatic nitrogens is 3. The Morgan fingerprint density at radius 2 is 0.657 bits per heavy atom. The molecule has 0 aliphatic heterocycles. The van der Waals surface area contributed by atoms with Gasteiger partial charge in [0, 0.05) is 40.8 Å². The Bertz CT molecular complexity index is 3310. The van der Waals surface area contributed by atoms with Crippen molar-refractivity contribution >= 4 is 0 Å². The number of pyridine rings is 3. The summed E-state index contributed by atoms with van der Waals surface area (Å²) >= 11 is 0. The first-order chi connectivity index (χ1) is 33.9. The molecule has 10 aromatic rings. The van der Waals surface area contributed by atoms with Crippen LogP contribution in [0.25, 0.3) is 101 Å². The van der Waals surface area contributed by atoms with E-state index in [2.05, 4.69) is 229 Å². The third kappa shape index (κ3) is 9.46. The topological polar surface area (TPSA) is 47.9 Å². The number of rotatable bonds is 10. The molecule has 70 heavy (non-hydrogen) atoms. The zero-order chi connectivity index (χ0) is 48.4. The van der Waals surface area contributed by atoms with Crippen molar-refractivity contribution in [1.29, 1.82) is 0 Å². The van der Waals surface area contributed by atoms with Crippen LogP contribution in [-0.2, 0) is 10.8 Å². The molecule has 0 atom stereocenters. The molecule has 0 saturated heterocycles. The Labute approximate surface area is 413 Å². The van der Waals surface area contributed by atoms with Gasteiger partial charge in [-0.25, -0.2) is 0 Å². The van der Waals surface area contributed by atoms with Gasteiger partial charge in [0.2, 0.25) is 0 Å². The van der Waals surface area contributed by atoms with Crippen molar-refractivity contribution in [1.82, 2.24) is 15.0 Å². The van der Waals surface area contributed by atoms with Crippen molar-refractivity contribution in [2.75, 3.05) is 7.11 Å². The molecule has 0 aliphatic carbocycles. The zero-order valence-electron chi connectivity index (χ0n) is 41.0. The fraction of sp³-hybridized carbons (Fsp3) is 0.136. The van der Waals surface area contributed by atoms with Crippen LogP contribution in [0.4, 0.5) is 0 Å². The average Bonchev–Trinajstić information content (AvgIpc) is 3.40. The number of nitrogens with zero attached hydrogens (tertiary/aromatic N) is 3. The number of methoxy groups -OCH3 is 1. The molecule has 0 unspecified atom stereocenters. The monoisotopic (exact) mass is 907 g/mol. The molecule has 3 heterocycles. The van der Waals surface area contributed by atoms with E-state index in [1.807, 2.05) is 36.8 Å². The summed E-state index contributed by atoms with van der Waals surface area (Å²) in [5.41, 5.74) is 22.0.